The van der Waals surface area contributed by atoms with E-state index in [0.29, 0.717) is 5.92 Å². The summed E-state index contributed by atoms with van der Waals surface area (Å²) in [7, 11) is 0. The molecule has 1 aliphatic rings. The van der Waals surface area contributed by atoms with Gasteiger partial charge in [-0.25, -0.2) is 0 Å². The fraction of sp³-hybridized carbons (Fsp3) is 0.500. The van der Waals surface area contributed by atoms with E-state index in [2.05, 4.69) is 42.2 Å². The summed E-state index contributed by atoms with van der Waals surface area (Å²) in [5, 5.41) is 8.97. The first-order chi connectivity index (χ1) is 7.79. The molecule has 0 radical (unpaired) electrons. The van der Waals surface area contributed by atoms with E-state index in [9.17, 15) is 0 Å². The van der Waals surface area contributed by atoms with Crippen molar-refractivity contribution in [3.63, 3.8) is 0 Å². The number of nitrogens with zero attached hydrogens (tertiary/aromatic N) is 2. The smallest absolute Gasteiger partial charge is 0.0659 e. The molecule has 2 atom stereocenters. The Bertz CT molecular complexity index is 366. The Labute approximate surface area is 97.5 Å². The van der Waals surface area contributed by atoms with Crippen molar-refractivity contribution in [2.24, 2.45) is 11.8 Å². The van der Waals surface area contributed by atoms with E-state index >= 15 is 0 Å². The molecule has 84 valence electrons. The highest BCUT2D eigenvalue weighted by Gasteiger charge is 2.25. The molecule has 0 amide bonds. The van der Waals surface area contributed by atoms with E-state index < -0.39 is 0 Å². The van der Waals surface area contributed by atoms with Gasteiger partial charge in [-0.05, 0) is 24.4 Å². The first-order valence-electron chi connectivity index (χ1n) is 5.95. The lowest BCUT2D eigenvalue weighted by molar-refractivity contribution is 0.147. The third-order valence-electron chi connectivity index (χ3n) is 3.40. The van der Waals surface area contributed by atoms with Gasteiger partial charge in [0.1, 0.15) is 0 Å². The molecule has 16 heavy (non-hydrogen) atoms. The average Bonchev–Trinajstić information content (AvgIpc) is 2.31. The second kappa shape index (κ2) is 5.14. The Balaban J connectivity index is 1.92. The highest BCUT2D eigenvalue weighted by Crippen LogP contribution is 2.23. The van der Waals surface area contributed by atoms with Crippen LogP contribution in [-0.2, 0) is 6.54 Å². The number of hydrogen-bond donors (Lipinski definition) is 0. The lowest BCUT2D eigenvalue weighted by Gasteiger charge is -2.33. The Morgan fingerprint density at radius 1 is 1.38 bits per heavy atom. The summed E-state index contributed by atoms with van der Waals surface area (Å²) in [5.74, 6) is 0.759. The van der Waals surface area contributed by atoms with Crippen LogP contribution in [0.15, 0.2) is 30.3 Å². The summed E-state index contributed by atoms with van der Waals surface area (Å²) in [6, 6.07) is 13.0. The molecule has 2 rings (SSSR count). The number of nitriles is 1. The molecule has 1 saturated heterocycles. The minimum Gasteiger partial charge on any atom is -0.299 e. The Kier molecular flexibility index (Phi) is 3.58. The quantitative estimate of drug-likeness (QED) is 0.756. The van der Waals surface area contributed by atoms with E-state index in [1.807, 2.05) is 6.07 Å². The fourth-order valence-corrected chi connectivity index (χ4v) is 2.41. The van der Waals surface area contributed by atoms with Crippen molar-refractivity contribution in [1.82, 2.24) is 4.90 Å². The lowest BCUT2D eigenvalue weighted by atomic mass is 9.88. The summed E-state index contributed by atoms with van der Waals surface area (Å²) in [6.07, 6.45) is 1.02. The van der Waals surface area contributed by atoms with E-state index in [-0.39, 0.29) is 5.92 Å². The van der Waals surface area contributed by atoms with Gasteiger partial charge in [-0.2, -0.15) is 5.26 Å². The van der Waals surface area contributed by atoms with Crippen molar-refractivity contribution in [2.45, 2.75) is 19.9 Å². The molecule has 1 heterocycles. The number of piperidine rings is 1. The normalized spacial score (nSPS) is 26.2. The first kappa shape index (κ1) is 11.2. The maximum absolute atomic E-state index is 8.97. The lowest BCUT2D eigenvalue weighted by Crippen LogP contribution is -2.38. The molecule has 1 aromatic carbocycles. The van der Waals surface area contributed by atoms with Crippen LogP contribution in [0.5, 0.6) is 0 Å². The molecule has 0 N–H and O–H groups in total. The van der Waals surface area contributed by atoms with Crippen molar-refractivity contribution in [2.75, 3.05) is 13.1 Å². The Morgan fingerprint density at radius 3 is 2.75 bits per heavy atom. The van der Waals surface area contributed by atoms with Crippen molar-refractivity contribution < 1.29 is 0 Å². The Morgan fingerprint density at radius 2 is 2.12 bits per heavy atom. The van der Waals surface area contributed by atoms with E-state index in [1.165, 1.54) is 5.56 Å². The van der Waals surface area contributed by atoms with Crippen molar-refractivity contribution in [3.05, 3.63) is 35.9 Å². The van der Waals surface area contributed by atoms with Gasteiger partial charge in [-0.3, -0.25) is 4.90 Å². The van der Waals surface area contributed by atoms with Gasteiger partial charge in [0.2, 0.25) is 0 Å². The maximum atomic E-state index is 8.97. The van der Waals surface area contributed by atoms with Crippen LogP contribution in [0.1, 0.15) is 18.9 Å². The zero-order valence-corrected chi connectivity index (χ0v) is 9.76. The third kappa shape index (κ3) is 2.62. The van der Waals surface area contributed by atoms with Crippen LogP contribution in [0.25, 0.3) is 0 Å². The van der Waals surface area contributed by atoms with E-state index in [4.69, 9.17) is 5.26 Å². The summed E-state index contributed by atoms with van der Waals surface area (Å²) < 4.78 is 0. The largest absolute Gasteiger partial charge is 0.299 e. The summed E-state index contributed by atoms with van der Waals surface area (Å²) >= 11 is 0. The molecule has 1 aliphatic heterocycles. The molecular formula is C14H18N2. The number of hydrogen-bond acceptors (Lipinski definition) is 2. The van der Waals surface area contributed by atoms with Crippen LogP contribution >= 0.6 is 0 Å². The van der Waals surface area contributed by atoms with Crippen molar-refractivity contribution in [1.29, 1.82) is 5.26 Å². The van der Waals surface area contributed by atoms with Gasteiger partial charge >= 0.3 is 0 Å². The van der Waals surface area contributed by atoms with Crippen LogP contribution in [0.2, 0.25) is 0 Å². The van der Waals surface area contributed by atoms with Gasteiger partial charge in [-0.15, -0.1) is 0 Å². The number of rotatable bonds is 2. The molecule has 1 fully saturated rings. The van der Waals surface area contributed by atoms with Crippen LogP contribution in [0.3, 0.4) is 0 Å². The zero-order valence-electron chi connectivity index (χ0n) is 9.76. The van der Waals surface area contributed by atoms with Gasteiger partial charge in [0.15, 0.2) is 0 Å². The molecule has 2 heteroatoms. The van der Waals surface area contributed by atoms with Crippen molar-refractivity contribution >= 4 is 0 Å². The standard InChI is InChI=1S/C14H18N2/c1-12-10-16(8-7-14(12)9-15)11-13-5-3-2-4-6-13/h2-6,12,14H,7-8,10-11H2,1H3/t12-,14?/m0/s1. The second-order valence-corrected chi connectivity index (χ2v) is 4.72. The summed E-state index contributed by atoms with van der Waals surface area (Å²) in [5.41, 5.74) is 1.37. The predicted octanol–water partition coefficient (Wildman–Crippen LogP) is 2.67. The molecule has 0 spiro atoms. The van der Waals surface area contributed by atoms with Gasteiger partial charge in [0.25, 0.3) is 0 Å². The van der Waals surface area contributed by atoms with E-state index in [1.54, 1.807) is 0 Å². The number of benzene rings is 1. The number of likely N-dealkylation sites (tertiary alicyclic amines) is 1. The Hall–Kier alpha value is -1.33. The molecule has 1 unspecified atom stereocenters. The zero-order chi connectivity index (χ0) is 11.4. The van der Waals surface area contributed by atoms with Gasteiger partial charge in [0.05, 0.1) is 12.0 Å². The van der Waals surface area contributed by atoms with Crippen LogP contribution in [0, 0.1) is 23.2 Å². The summed E-state index contributed by atoms with van der Waals surface area (Å²) in [4.78, 5) is 2.45. The minimum absolute atomic E-state index is 0.257. The van der Waals surface area contributed by atoms with Crippen LogP contribution < -0.4 is 0 Å². The van der Waals surface area contributed by atoms with Gasteiger partial charge in [-0.1, -0.05) is 37.3 Å². The van der Waals surface area contributed by atoms with Crippen molar-refractivity contribution in [3.8, 4) is 6.07 Å². The van der Waals surface area contributed by atoms with Gasteiger partial charge < -0.3 is 0 Å². The predicted molar refractivity (Wildman–Crippen MR) is 64.6 cm³/mol. The third-order valence-corrected chi connectivity index (χ3v) is 3.40. The average molecular weight is 214 g/mol. The van der Waals surface area contributed by atoms with E-state index in [0.717, 1.165) is 26.1 Å². The highest BCUT2D eigenvalue weighted by atomic mass is 15.1. The monoisotopic (exact) mass is 214 g/mol. The molecule has 2 nitrogen and oxygen atoms in total. The molecule has 0 saturated carbocycles. The highest BCUT2D eigenvalue weighted by molar-refractivity contribution is 5.14. The second-order valence-electron chi connectivity index (χ2n) is 4.72. The molecule has 1 aromatic rings. The minimum atomic E-state index is 0.257. The van der Waals surface area contributed by atoms with Crippen LogP contribution in [0.4, 0.5) is 0 Å². The molecule has 0 bridgehead atoms. The summed E-state index contributed by atoms with van der Waals surface area (Å²) in [6.45, 7) is 5.30. The molecule has 0 aliphatic carbocycles. The molecular weight excluding hydrogens is 196 g/mol. The first-order valence-corrected chi connectivity index (χ1v) is 5.95. The molecule has 0 aromatic heterocycles. The topological polar surface area (TPSA) is 27.0 Å². The fourth-order valence-electron chi connectivity index (χ4n) is 2.41. The SMILES string of the molecule is C[C@H]1CN(Cc2ccccc2)CCC1C#N. The van der Waals surface area contributed by atoms with Gasteiger partial charge in [0, 0.05) is 13.1 Å². The van der Waals surface area contributed by atoms with Crippen LogP contribution in [-0.4, -0.2) is 18.0 Å². The maximum Gasteiger partial charge on any atom is 0.0659 e.